The van der Waals surface area contributed by atoms with Gasteiger partial charge in [0.15, 0.2) is 0 Å². The number of fused-ring (bicyclic) bond motifs is 1. The molecule has 0 bridgehead atoms. The number of ether oxygens (including phenoxy) is 3. The average molecular weight is 522 g/mol. The summed E-state index contributed by atoms with van der Waals surface area (Å²) < 4.78 is 19.0. The third-order valence-corrected chi connectivity index (χ3v) is 6.37. The zero-order valence-electron chi connectivity index (χ0n) is 17.7. The minimum Gasteiger partial charge on any atom is -0.481 e. The summed E-state index contributed by atoms with van der Waals surface area (Å²) in [6, 6.07) is 5.33. The Labute approximate surface area is 198 Å². The van der Waals surface area contributed by atoms with Crippen molar-refractivity contribution in [2.75, 3.05) is 13.7 Å². The van der Waals surface area contributed by atoms with Gasteiger partial charge in [-0.05, 0) is 53.4 Å². The first-order chi connectivity index (χ1) is 15.4. The summed E-state index contributed by atoms with van der Waals surface area (Å²) >= 11 is 10.0. The number of hydrogen-bond donors (Lipinski definition) is 0. The van der Waals surface area contributed by atoms with Gasteiger partial charge >= 0.3 is 5.97 Å². The number of hydrogen-bond acceptors (Lipinski definition) is 6. The molecule has 9 heteroatoms. The van der Waals surface area contributed by atoms with E-state index in [0.29, 0.717) is 34.0 Å². The molecule has 7 nitrogen and oxygen atoms in total. The lowest BCUT2D eigenvalue weighted by atomic mass is 10.1. The molecule has 0 saturated heterocycles. The van der Waals surface area contributed by atoms with E-state index in [1.54, 1.807) is 44.6 Å². The first kappa shape index (κ1) is 22.8. The van der Waals surface area contributed by atoms with Crippen molar-refractivity contribution in [1.29, 1.82) is 0 Å². The molecule has 32 heavy (non-hydrogen) atoms. The minimum absolute atomic E-state index is 0.0354. The fourth-order valence-corrected chi connectivity index (χ4v) is 4.11. The number of methoxy groups -OCH3 is 1. The van der Waals surface area contributed by atoms with Crippen molar-refractivity contribution < 1.29 is 19.0 Å². The SMILES string of the molecule is CCOC(=O)c1cn(C2CC2)c2c(COCc3cc(OC)ncc3Br)c(Cl)ccc2c1=O. The molecule has 168 valence electrons. The molecule has 0 aliphatic heterocycles. The van der Waals surface area contributed by atoms with Crippen molar-refractivity contribution in [1.82, 2.24) is 9.55 Å². The number of nitrogens with zero attached hydrogens (tertiary/aromatic N) is 2. The zero-order chi connectivity index (χ0) is 22.8. The third-order valence-electron chi connectivity index (χ3n) is 5.30. The van der Waals surface area contributed by atoms with E-state index in [4.69, 9.17) is 25.8 Å². The normalized spacial score (nSPS) is 13.4. The number of esters is 1. The Balaban J connectivity index is 1.72. The maximum absolute atomic E-state index is 13.1. The molecular weight excluding hydrogens is 500 g/mol. The molecule has 1 aromatic carbocycles. The van der Waals surface area contributed by atoms with Gasteiger partial charge in [0.2, 0.25) is 11.3 Å². The summed E-state index contributed by atoms with van der Waals surface area (Å²) in [5, 5.41) is 0.929. The molecule has 4 rings (SSSR count). The highest BCUT2D eigenvalue weighted by molar-refractivity contribution is 9.10. The van der Waals surface area contributed by atoms with Crippen LogP contribution in [0.5, 0.6) is 5.88 Å². The van der Waals surface area contributed by atoms with Gasteiger partial charge < -0.3 is 18.8 Å². The van der Waals surface area contributed by atoms with Gasteiger partial charge in [-0.15, -0.1) is 0 Å². The second-order valence-electron chi connectivity index (χ2n) is 7.46. The smallest absolute Gasteiger partial charge is 0.343 e. The quantitative estimate of drug-likeness (QED) is 0.386. The monoisotopic (exact) mass is 520 g/mol. The zero-order valence-corrected chi connectivity index (χ0v) is 20.0. The topological polar surface area (TPSA) is 79.7 Å². The van der Waals surface area contributed by atoms with Gasteiger partial charge in [-0.3, -0.25) is 4.79 Å². The van der Waals surface area contributed by atoms with Crippen LogP contribution in [0, 0.1) is 0 Å². The summed E-state index contributed by atoms with van der Waals surface area (Å²) in [6.45, 7) is 2.40. The van der Waals surface area contributed by atoms with Crippen LogP contribution in [0.1, 0.15) is 47.3 Å². The average Bonchev–Trinajstić information content (AvgIpc) is 3.62. The van der Waals surface area contributed by atoms with Crippen molar-refractivity contribution in [2.45, 2.75) is 39.0 Å². The number of halogens is 2. The van der Waals surface area contributed by atoms with Gasteiger partial charge in [-0.25, -0.2) is 9.78 Å². The van der Waals surface area contributed by atoms with Crippen molar-refractivity contribution in [3.8, 4) is 5.88 Å². The highest BCUT2D eigenvalue weighted by Gasteiger charge is 2.28. The summed E-state index contributed by atoms with van der Waals surface area (Å²) in [7, 11) is 1.55. The van der Waals surface area contributed by atoms with Crippen molar-refractivity contribution >= 4 is 44.4 Å². The Morgan fingerprint density at radius 2 is 2.09 bits per heavy atom. The van der Waals surface area contributed by atoms with Crippen LogP contribution in [0.2, 0.25) is 5.02 Å². The first-order valence-electron chi connectivity index (χ1n) is 10.2. The van der Waals surface area contributed by atoms with Gasteiger partial charge in [0.25, 0.3) is 0 Å². The lowest BCUT2D eigenvalue weighted by Crippen LogP contribution is -2.21. The van der Waals surface area contributed by atoms with E-state index in [-0.39, 0.29) is 30.2 Å². The molecule has 0 atom stereocenters. The molecule has 1 fully saturated rings. The van der Waals surface area contributed by atoms with Crippen LogP contribution in [-0.2, 0) is 22.7 Å². The highest BCUT2D eigenvalue weighted by Crippen LogP contribution is 2.39. The van der Waals surface area contributed by atoms with Gasteiger partial charge in [0.1, 0.15) is 5.56 Å². The molecule has 1 aliphatic carbocycles. The van der Waals surface area contributed by atoms with E-state index in [1.807, 2.05) is 4.57 Å². The summed E-state index contributed by atoms with van der Waals surface area (Å²) in [5.74, 6) is -0.123. The molecule has 3 aromatic rings. The Kier molecular flexibility index (Phi) is 6.83. The lowest BCUT2D eigenvalue weighted by molar-refractivity contribution is 0.0524. The second-order valence-corrected chi connectivity index (χ2v) is 8.73. The Bertz CT molecular complexity index is 1240. The van der Waals surface area contributed by atoms with Crippen LogP contribution in [0.4, 0.5) is 0 Å². The van der Waals surface area contributed by atoms with Crippen LogP contribution in [0.25, 0.3) is 10.9 Å². The van der Waals surface area contributed by atoms with E-state index in [0.717, 1.165) is 22.9 Å². The fraction of sp³-hybridized carbons (Fsp3) is 0.348. The van der Waals surface area contributed by atoms with Gasteiger partial charge in [-0.2, -0.15) is 0 Å². The third kappa shape index (κ3) is 4.53. The van der Waals surface area contributed by atoms with Crippen LogP contribution in [0.3, 0.4) is 0 Å². The standard InChI is InChI=1S/C23H22BrClN2O5/c1-3-32-23(29)16-10-27(14-4-5-14)21-15(22(16)28)6-7-19(25)17(21)12-31-11-13-8-20(30-2)26-9-18(13)24/h6-10,14H,3-5,11-12H2,1-2H3. The molecule has 1 saturated carbocycles. The highest BCUT2D eigenvalue weighted by atomic mass is 79.9. The van der Waals surface area contributed by atoms with Crippen molar-refractivity contribution in [2.24, 2.45) is 0 Å². The first-order valence-corrected chi connectivity index (χ1v) is 11.4. The van der Waals surface area contributed by atoms with Crippen molar-refractivity contribution in [3.63, 3.8) is 0 Å². The Morgan fingerprint density at radius 1 is 1.31 bits per heavy atom. The molecule has 0 radical (unpaired) electrons. The van der Waals surface area contributed by atoms with Crippen LogP contribution < -0.4 is 10.2 Å². The molecular formula is C23H22BrClN2O5. The Morgan fingerprint density at radius 3 is 2.78 bits per heavy atom. The van der Waals surface area contributed by atoms with Gasteiger partial charge in [-0.1, -0.05) is 11.6 Å². The molecule has 0 spiro atoms. The maximum atomic E-state index is 13.1. The van der Waals surface area contributed by atoms with E-state index < -0.39 is 5.97 Å². The second kappa shape index (κ2) is 9.60. The predicted octanol–water partition coefficient (Wildman–Crippen LogP) is 5.05. The molecule has 0 unspecified atom stereocenters. The number of pyridine rings is 2. The number of benzene rings is 1. The Hall–Kier alpha value is -2.42. The molecule has 1 aliphatic rings. The van der Waals surface area contributed by atoms with E-state index >= 15 is 0 Å². The van der Waals surface area contributed by atoms with Gasteiger partial charge in [0, 0.05) is 44.9 Å². The van der Waals surface area contributed by atoms with E-state index in [2.05, 4.69) is 20.9 Å². The van der Waals surface area contributed by atoms with Crippen LogP contribution >= 0.6 is 27.5 Å². The minimum atomic E-state index is -0.613. The van der Waals surface area contributed by atoms with Gasteiger partial charge in [0.05, 0.1) is 32.4 Å². The largest absolute Gasteiger partial charge is 0.481 e. The fourth-order valence-electron chi connectivity index (χ4n) is 3.57. The summed E-state index contributed by atoms with van der Waals surface area (Å²) in [4.78, 5) is 29.6. The number of rotatable bonds is 8. The predicted molar refractivity (Wildman–Crippen MR) is 124 cm³/mol. The summed E-state index contributed by atoms with van der Waals surface area (Å²) in [5.41, 5.74) is 1.95. The molecule has 0 amide bonds. The molecule has 2 heterocycles. The van der Waals surface area contributed by atoms with E-state index in [9.17, 15) is 9.59 Å². The van der Waals surface area contributed by atoms with Crippen molar-refractivity contribution in [3.05, 3.63) is 67.0 Å². The van der Waals surface area contributed by atoms with E-state index in [1.165, 1.54) is 0 Å². The summed E-state index contributed by atoms with van der Waals surface area (Å²) in [6.07, 6.45) is 5.20. The number of carbonyl (C=O) groups excluding carboxylic acids is 1. The molecule has 0 N–H and O–H groups in total. The lowest BCUT2D eigenvalue weighted by Gasteiger charge is -2.17. The molecule has 2 aromatic heterocycles. The maximum Gasteiger partial charge on any atom is 0.343 e. The number of carbonyl (C=O) groups is 1. The van der Waals surface area contributed by atoms with Crippen LogP contribution in [-0.4, -0.2) is 29.2 Å². The number of aromatic nitrogens is 2. The van der Waals surface area contributed by atoms with Crippen LogP contribution in [0.15, 0.2) is 39.9 Å².